The fraction of sp³-hybridized carbons (Fsp3) is 0.125. The monoisotopic (exact) mass is 363 g/mol. The Bertz CT molecular complexity index is 908. The maximum atomic E-state index is 12.0. The van der Waals surface area contributed by atoms with Gasteiger partial charge in [0.1, 0.15) is 5.75 Å². The van der Waals surface area contributed by atoms with Crippen molar-refractivity contribution in [3.63, 3.8) is 0 Å². The number of ether oxygens (including phenoxy) is 1. The summed E-state index contributed by atoms with van der Waals surface area (Å²) in [6.45, 7) is 1.84. The zero-order valence-corrected chi connectivity index (χ0v) is 14.4. The van der Waals surface area contributed by atoms with Crippen LogP contribution in [0.5, 0.6) is 5.75 Å². The molecule has 0 spiro atoms. The number of aryl methyl sites for hydroxylation is 1. The highest BCUT2D eigenvalue weighted by atomic mass is 32.2. The number of nitrogens with one attached hydrogen (secondary N) is 2. The second-order valence-electron chi connectivity index (χ2n) is 5.18. The Hall–Kier alpha value is -2.91. The second kappa shape index (κ2) is 7.32. The van der Waals surface area contributed by atoms with Crippen molar-refractivity contribution >= 4 is 33.2 Å². The summed E-state index contributed by atoms with van der Waals surface area (Å²) < 4.78 is 27.5. The van der Waals surface area contributed by atoms with Crippen molar-refractivity contribution in [3.8, 4) is 5.75 Å². The van der Waals surface area contributed by atoms with Crippen molar-refractivity contribution in [2.45, 2.75) is 11.8 Å². The van der Waals surface area contributed by atoms with Gasteiger partial charge in [-0.1, -0.05) is 6.07 Å². The van der Waals surface area contributed by atoms with Gasteiger partial charge in [0.25, 0.3) is 0 Å². The number of nitrogens with two attached hydrogens (primary N) is 1. The van der Waals surface area contributed by atoms with Crippen molar-refractivity contribution in [3.05, 3.63) is 48.0 Å². The zero-order chi connectivity index (χ0) is 18.6. The standard InChI is InChI=1S/C16H17N3O5S/c1-10-3-8-14(24-2)13(9-10)19-16(21)15(20)18-11-4-6-12(7-5-11)25(17,22)23/h3-9H,1-2H3,(H,18,20)(H,19,21)(H2,17,22,23). The molecule has 0 heterocycles. The fourth-order valence-corrected chi connectivity index (χ4v) is 2.53. The molecule has 25 heavy (non-hydrogen) atoms. The number of methoxy groups -OCH3 is 1. The number of benzene rings is 2. The van der Waals surface area contributed by atoms with E-state index in [1.54, 1.807) is 12.1 Å². The first-order chi connectivity index (χ1) is 11.7. The van der Waals surface area contributed by atoms with Crippen LogP contribution in [-0.4, -0.2) is 27.3 Å². The minimum absolute atomic E-state index is 0.0977. The minimum Gasteiger partial charge on any atom is -0.495 e. The quantitative estimate of drug-likeness (QED) is 0.704. The average molecular weight is 363 g/mol. The molecule has 4 N–H and O–H groups in total. The average Bonchev–Trinajstić information content (AvgIpc) is 2.54. The molecule has 132 valence electrons. The third-order valence-corrected chi connectivity index (χ3v) is 4.18. The summed E-state index contributed by atoms with van der Waals surface area (Å²) in [5.74, 6) is -1.38. The molecule has 0 radical (unpaired) electrons. The molecule has 0 aliphatic rings. The molecule has 2 amide bonds. The SMILES string of the molecule is COc1ccc(C)cc1NC(=O)C(=O)Nc1ccc(S(N)(=O)=O)cc1. The van der Waals surface area contributed by atoms with Gasteiger partial charge in [-0.3, -0.25) is 9.59 Å². The Morgan fingerprint density at radius 1 is 1.00 bits per heavy atom. The molecule has 2 aromatic carbocycles. The Kier molecular flexibility index (Phi) is 5.40. The lowest BCUT2D eigenvalue weighted by Crippen LogP contribution is -2.29. The van der Waals surface area contributed by atoms with Gasteiger partial charge in [0, 0.05) is 5.69 Å². The maximum Gasteiger partial charge on any atom is 0.314 e. The number of carbonyl (C=O) groups excluding carboxylic acids is 2. The molecular formula is C16H17N3O5S. The van der Waals surface area contributed by atoms with Crippen molar-refractivity contribution < 1.29 is 22.7 Å². The summed E-state index contributed by atoms with van der Waals surface area (Å²) in [6, 6.07) is 10.3. The third-order valence-electron chi connectivity index (χ3n) is 3.25. The first kappa shape index (κ1) is 18.4. The van der Waals surface area contributed by atoms with Crippen molar-refractivity contribution in [2.24, 2.45) is 5.14 Å². The highest BCUT2D eigenvalue weighted by Crippen LogP contribution is 2.25. The molecule has 9 heteroatoms. The molecule has 8 nitrogen and oxygen atoms in total. The highest BCUT2D eigenvalue weighted by Gasteiger charge is 2.16. The van der Waals surface area contributed by atoms with E-state index in [4.69, 9.17) is 9.88 Å². The molecule has 0 fully saturated rings. The van der Waals surface area contributed by atoms with Gasteiger partial charge >= 0.3 is 11.8 Å². The molecule has 2 aromatic rings. The number of sulfonamides is 1. The number of anilines is 2. The lowest BCUT2D eigenvalue weighted by molar-refractivity contribution is -0.133. The van der Waals surface area contributed by atoms with Gasteiger partial charge in [-0.2, -0.15) is 0 Å². The molecule has 2 rings (SSSR count). The third kappa shape index (κ3) is 4.78. The van der Waals surface area contributed by atoms with E-state index >= 15 is 0 Å². The molecule has 0 aromatic heterocycles. The molecule has 0 saturated carbocycles. The van der Waals surface area contributed by atoms with Crippen LogP contribution in [0, 0.1) is 6.92 Å². The van der Waals surface area contributed by atoms with E-state index in [9.17, 15) is 18.0 Å². The van der Waals surface area contributed by atoms with Gasteiger partial charge in [0.15, 0.2) is 0 Å². The van der Waals surface area contributed by atoms with Crippen LogP contribution >= 0.6 is 0 Å². The normalized spacial score (nSPS) is 10.8. The zero-order valence-electron chi connectivity index (χ0n) is 13.6. The summed E-state index contributed by atoms with van der Waals surface area (Å²) in [4.78, 5) is 23.9. The number of carbonyl (C=O) groups is 2. The first-order valence-corrected chi connectivity index (χ1v) is 8.65. The summed E-state index contributed by atoms with van der Waals surface area (Å²) >= 11 is 0. The Morgan fingerprint density at radius 3 is 2.16 bits per heavy atom. The molecule has 0 bridgehead atoms. The summed E-state index contributed by atoms with van der Waals surface area (Å²) in [5.41, 5.74) is 1.51. The van der Waals surface area contributed by atoms with Gasteiger partial charge in [-0.15, -0.1) is 0 Å². The first-order valence-electron chi connectivity index (χ1n) is 7.10. The van der Waals surface area contributed by atoms with Crippen LogP contribution in [0.1, 0.15) is 5.56 Å². The van der Waals surface area contributed by atoms with Crippen LogP contribution in [0.25, 0.3) is 0 Å². The number of amides is 2. The van der Waals surface area contributed by atoms with Gasteiger partial charge < -0.3 is 15.4 Å². The number of hydrogen-bond donors (Lipinski definition) is 3. The Morgan fingerprint density at radius 2 is 1.60 bits per heavy atom. The van der Waals surface area contributed by atoms with E-state index in [-0.39, 0.29) is 10.6 Å². The summed E-state index contributed by atoms with van der Waals surface area (Å²) in [5, 5.41) is 9.82. The maximum absolute atomic E-state index is 12.0. The fourth-order valence-electron chi connectivity index (χ4n) is 2.01. The molecule has 0 atom stereocenters. The molecular weight excluding hydrogens is 346 g/mol. The van der Waals surface area contributed by atoms with Crippen LogP contribution in [0.2, 0.25) is 0 Å². The lowest BCUT2D eigenvalue weighted by atomic mass is 10.2. The minimum atomic E-state index is -3.82. The van der Waals surface area contributed by atoms with E-state index in [1.165, 1.54) is 31.4 Å². The lowest BCUT2D eigenvalue weighted by Gasteiger charge is -2.11. The second-order valence-corrected chi connectivity index (χ2v) is 6.74. The predicted octanol–water partition coefficient (Wildman–Crippen LogP) is 1.23. The van der Waals surface area contributed by atoms with Gasteiger partial charge in [0.2, 0.25) is 10.0 Å². The molecule has 0 saturated heterocycles. The van der Waals surface area contributed by atoms with Crippen molar-refractivity contribution in [1.29, 1.82) is 0 Å². The molecule has 0 aliphatic carbocycles. The van der Waals surface area contributed by atoms with E-state index in [0.717, 1.165) is 5.56 Å². The van der Waals surface area contributed by atoms with Crippen LogP contribution < -0.4 is 20.5 Å². The van der Waals surface area contributed by atoms with E-state index in [0.29, 0.717) is 11.4 Å². The largest absolute Gasteiger partial charge is 0.495 e. The predicted molar refractivity (Wildman–Crippen MR) is 92.8 cm³/mol. The Balaban J connectivity index is 2.08. The van der Waals surface area contributed by atoms with Crippen molar-refractivity contribution in [1.82, 2.24) is 0 Å². The van der Waals surface area contributed by atoms with E-state index < -0.39 is 21.8 Å². The molecule has 0 aliphatic heterocycles. The highest BCUT2D eigenvalue weighted by molar-refractivity contribution is 7.89. The van der Waals surface area contributed by atoms with Gasteiger partial charge in [-0.05, 0) is 48.9 Å². The van der Waals surface area contributed by atoms with Crippen LogP contribution in [0.3, 0.4) is 0 Å². The van der Waals surface area contributed by atoms with Crippen LogP contribution in [0.4, 0.5) is 11.4 Å². The van der Waals surface area contributed by atoms with Crippen LogP contribution in [0.15, 0.2) is 47.4 Å². The smallest absolute Gasteiger partial charge is 0.314 e. The number of primary sulfonamides is 1. The number of rotatable bonds is 4. The molecule has 0 unspecified atom stereocenters. The topological polar surface area (TPSA) is 128 Å². The summed E-state index contributed by atoms with van der Waals surface area (Å²) in [6.07, 6.45) is 0. The van der Waals surface area contributed by atoms with Gasteiger partial charge in [-0.25, -0.2) is 13.6 Å². The van der Waals surface area contributed by atoms with Crippen LogP contribution in [-0.2, 0) is 19.6 Å². The van der Waals surface area contributed by atoms with E-state index in [2.05, 4.69) is 10.6 Å². The Labute approximate surface area is 145 Å². The summed E-state index contributed by atoms with van der Waals surface area (Å²) in [7, 11) is -2.37. The van der Waals surface area contributed by atoms with E-state index in [1.807, 2.05) is 13.0 Å². The van der Waals surface area contributed by atoms with Gasteiger partial charge in [0.05, 0.1) is 17.7 Å². The number of hydrogen-bond acceptors (Lipinski definition) is 5. The van der Waals surface area contributed by atoms with Crippen molar-refractivity contribution in [2.75, 3.05) is 17.7 Å².